The minimum Gasteiger partial charge on any atom is -0.465 e. The Labute approximate surface area is 161 Å². The number of methoxy groups -OCH3 is 1. The molecule has 140 valence electrons. The highest BCUT2D eigenvalue weighted by molar-refractivity contribution is 7.99. The van der Waals surface area contributed by atoms with Gasteiger partial charge in [0.1, 0.15) is 18.2 Å². The van der Waals surface area contributed by atoms with Gasteiger partial charge >= 0.3 is 5.97 Å². The Hall–Kier alpha value is -3.05. The van der Waals surface area contributed by atoms with E-state index in [4.69, 9.17) is 5.26 Å². The number of ether oxygens (including phenoxy) is 1. The minimum absolute atomic E-state index is 0.0383. The van der Waals surface area contributed by atoms with Crippen LogP contribution in [0.5, 0.6) is 0 Å². The number of thioether (sulfide) groups is 1. The molecule has 0 aliphatic heterocycles. The number of hydrogen-bond acceptors (Lipinski definition) is 6. The third-order valence-corrected chi connectivity index (χ3v) is 4.67. The molecule has 0 atom stereocenters. The van der Waals surface area contributed by atoms with Crippen LogP contribution in [0.4, 0.5) is 0 Å². The number of carbonyl (C=O) groups excluding carboxylic acids is 2. The molecule has 0 aliphatic carbocycles. The number of esters is 1. The molecule has 0 fully saturated rings. The van der Waals surface area contributed by atoms with E-state index in [1.807, 2.05) is 31.2 Å². The highest BCUT2D eigenvalue weighted by atomic mass is 32.2. The van der Waals surface area contributed by atoms with Gasteiger partial charge in [0, 0.05) is 23.4 Å². The number of aromatic nitrogens is 1. The molecule has 1 aromatic heterocycles. The topological polar surface area (TPSA) is 101 Å². The number of carbonyl (C=O) groups is 2. The number of benzene rings is 1. The number of pyridine rings is 1. The first-order valence-electron chi connectivity index (χ1n) is 8.13. The molecule has 0 bridgehead atoms. The maximum atomic E-state index is 12.1. The van der Waals surface area contributed by atoms with Crippen LogP contribution in [0.25, 0.3) is 0 Å². The van der Waals surface area contributed by atoms with Gasteiger partial charge in [-0.15, -0.1) is 11.8 Å². The van der Waals surface area contributed by atoms with Crippen LogP contribution in [0.1, 0.15) is 21.5 Å². The monoisotopic (exact) mass is 385 g/mol. The summed E-state index contributed by atoms with van der Waals surface area (Å²) >= 11 is 1.61. The maximum absolute atomic E-state index is 12.1. The largest absolute Gasteiger partial charge is 0.465 e. The van der Waals surface area contributed by atoms with Gasteiger partial charge in [-0.05, 0) is 25.1 Å². The quantitative estimate of drug-likeness (QED) is 0.442. The highest BCUT2D eigenvalue weighted by Gasteiger charge is 2.14. The second kappa shape index (κ2) is 9.59. The Kier molecular flexibility index (Phi) is 7.20. The number of rotatable bonds is 7. The molecule has 2 aromatic rings. The number of nitrogens with one attached hydrogen (secondary N) is 1. The average Bonchev–Trinajstić information content (AvgIpc) is 2.67. The standard InChI is InChI=1S/C19H19N3O4S/c1-13-3-5-16(6-4-13)27-8-7-21-17(23)12-22-11-15(19(25)26-2)9-14(10-20)18(22)24/h3-6,9,11H,7-8,12H2,1-2H3,(H,21,23). The van der Waals surface area contributed by atoms with Crippen molar-refractivity contribution in [2.24, 2.45) is 0 Å². The Morgan fingerprint density at radius 1 is 1.30 bits per heavy atom. The SMILES string of the molecule is COC(=O)c1cc(C#N)c(=O)n(CC(=O)NCCSc2ccc(C)cc2)c1. The maximum Gasteiger partial charge on any atom is 0.339 e. The van der Waals surface area contributed by atoms with Gasteiger partial charge in [-0.25, -0.2) is 4.79 Å². The van der Waals surface area contributed by atoms with Crippen LogP contribution in [0.2, 0.25) is 0 Å². The normalized spacial score (nSPS) is 10.1. The zero-order valence-electron chi connectivity index (χ0n) is 15.0. The molecule has 1 N–H and O–H groups in total. The second-order valence-electron chi connectivity index (χ2n) is 5.69. The number of hydrogen-bond donors (Lipinski definition) is 1. The molecule has 1 aromatic carbocycles. The molecule has 2 rings (SSSR count). The van der Waals surface area contributed by atoms with Crippen molar-refractivity contribution in [3.05, 3.63) is 63.6 Å². The average molecular weight is 385 g/mol. The molecule has 0 saturated carbocycles. The fraction of sp³-hybridized carbons (Fsp3) is 0.263. The van der Waals surface area contributed by atoms with Crippen molar-refractivity contribution in [1.29, 1.82) is 5.26 Å². The van der Waals surface area contributed by atoms with Gasteiger partial charge in [-0.2, -0.15) is 5.26 Å². The van der Waals surface area contributed by atoms with Crippen LogP contribution in [-0.4, -0.2) is 35.9 Å². The Morgan fingerprint density at radius 2 is 2.00 bits per heavy atom. The number of nitriles is 1. The fourth-order valence-corrected chi connectivity index (χ4v) is 3.04. The zero-order chi connectivity index (χ0) is 19.8. The molecule has 7 nitrogen and oxygen atoms in total. The number of aryl methyl sites for hydroxylation is 1. The molecule has 27 heavy (non-hydrogen) atoms. The fourth-order valence-electron chi connectivity index (χ4n) is 2.27. The lowest BCUT2D eigenvalue weighted by Gasteiger charge is -2.09. The summed E-state index contributed by atoms with van der Waals surface area (Å²) in [5.74, 6) is -0.391. The van der Waals surface area contributed by atoms with Gasteiger partial charge < -0.3 is 14.6 Å². The highest BCUT2D eigenvalue weighted by Crippen LogP contribution is 2.17. The molecule has 0 radical (unpaired) electrons. The van der Waals surface area contributed by atoms with Crippen molar-refractivity contribution in [3.8, 4) is 6.07 Å². The predicted octanol–water partition coefficient (Wildman–Crippen LogP) is 1.72. The predicted molar refractivity (Wildman–Crippen MR) is 102 cm³/mol. The number of amides is 1. The molecular weight excluding hydrogens is 366 g/mol. The van der Waals surface area contributed by atoms with Gasteiger partial charge in [0.05, 0.1) is 12.7 Å². The molecule has 1 amide bonds. The molecule has 1 heterocycles. The molecule has 0 aliphatic rings. The smallest absolute Gasteiger partial charge is 0.339 e. The third-order valence-electron chi connectivity index (χ3n) is 3.66. The van der Waals surface area contributed by atoms with Crippen LogP contribution in [-0.2, 0) is 16.1 Å². The zero-order valence-corrected chi connectivity index (χ0v) is 15.8. The lowest BCUT2D eigenvalue weighted by atomic mass is 10.2. The summed E-state index contributed by atoms with van der Waals surface area (Å²) in [5, 5.41) is 11.8. The lowest BCUT2D eigenvalue weighted by Crippen LogP contribution is -2.34. The van der Waals surface area contributed by atoms with Gasteiger partial charge in [-0.3, -0.25) is 9.59 Å². The summed E-state index contributed by atoms with van der Waals surface area (Å²) in [6.45, 7) is 2.16. The molecule has 0 spiro atoms. The number of nitrogens with zero attached hydrogens (tertiary/aromatic N) is 2. The van der Waals surface area contributed by atoms with Crippen LogP contribution < -0.4 is 10.9 Å². The van der Waals surface area contributed by atoms with Crippen molar-refractivity contribution in [2.75, 3.05) is 19.4 Å². The van der Waals surface area contributed by atoms with Gasteiger partial charge in [0.25, 0.3) is 5.56 Å². The summed E-state index contributed by atoms with van der Waals surface area (Å²) in [5.41, 5.74) is 0.371. The van der Waals surface area contributed by atoms with E-state index in [1.165, 1.54) is 18.9 Å². The first kappa shape index (κ1) is 20.3. The van der Waals surface area contributed by atoms with Crippen LogP contribution >= 0.6 is 11.8 Å². The van der Waals surface area contributed by atoms with Crippen LogP contribution in [0, 0.1) is 18.3 Å². The van der Waals surface area contributed by atoms with E-state index in [9.17, 15) is 14.4 Å². The second-order valence-corrected chi connectivity index (χ2v) is 6.86. The van der Waals surface area contributed by atoms with E-state index in [0.29, 0.717) is 12.3 Å². The Balaban J connectivity index is 1.94. The van der Waals surface area contributed by atoms with Gasteiger partial charge in [0.15, 0.2) is 0 Å². The first-order chi connectivity index (χ1) is 12.9. The van der Waals surface area contributed by atoms with Crippen LogP contribution in [0.15, 0.2) is 46.2 Å². The van der Waals surface area contributed by atoms with E-state index in [-0.39, 0.29) is 23.6 Å². The minimum atomic E-state index is -0.685. The van der Waals surface area contributed by atoms with E-state index < -0.39 is 11.5 Å². The third kappa shape index (κ3) is 5.72. The van der Waals surface area contributed by atoms with Crippen molar-refractivity contribution >= 4 is 23.6 Å². The summed E-state index contributed by atoms with van der Waals surface area (Å²) < 4.78 is 5.63. The molecule has 0 unspecified atom stereocenters. The van der Waals surface area contributed by atoms with E-state index in [2.05, 4.69) is 10.1 Å². The van der Waals surface area contributed by atoms with Gasteiger partial charge in [-0.1, -0.05) is 17.7 Å². The van der Waals surface area contributed by atoms with Crippen molar-refractivity contribution in [1.82, 2.24) is 9.88 Å². The van der Waals surface area contributed by atoms with Crippen molar-refractivity contribution in [3.63, 3.8) is 0 Å². The molecular formula is C19H19N3O4S. The van der Waals surface area contributed by atoms with E-state index in [0.717, 1.165) is 15.5 Å². The summed E-state index contributed by atoms with van der Waals surface area (Å²) in [6, 6.07) is 11.0. The Morgan fingerprint density at radius 3 is 2.63 bits per heavy atom. The van der Waals surface area contributed by atoms with E-state index >= 15 is 0 Å². The van der Waals surface area contributed by atoms with E-state index in [1.54, 1.807) is 17.8 Å². The summed E-state index contributed by atoms with van der Waals surface area (Å²) in [7, 11) is 1.20. The first-order valence-corrected chi connectivity index (χ1v) is 9.12. The van der Waals surface area contributed by atoms with Crippen molar-refractivity contribution < 1.29 is 14.3 Å². The summed E-state index contributed by atoms with van der Waals surface area (Å²) in [6.07, 6.45) is 1.22. The molecule has 8 heteroatoms. The molecule has 0 saturated heterocycles. The van der Waals surface area contributed by atoms with Crippen LogP contribution in [0.3, 0.4) is 0 Å². The van der Waals surface area contributed by atoms with Crippen molar-refractivity contribution in [2.45, 2.75) is 18.4 Å². The van der Waals surface area contributed by atoms with Gasteiger partial charge in [0.2, 0.25) is 5.91 Å². The lowest BCUT2D eigenvalue weighted by molar-refractivity contribution is -0.121. The summed E-state index contributed by atoms with van der Waals surface area (Å²) in [4.78, 5) is 37.0. The Bertz CT molecular complexity index is 929.